The number of hydrogen-bond acceptors (Lipinski definition) is 2. The molecule has 1 amide bonds. The molecule has 1 aliphatic rings. The molecule has 0 fully saturated rings. The molecule has 0 aromatic heterocycles. The SMILES string of the molecule is C=C(C)C[C@]1(O)C(=O)N(Cc2ccccc2)c2ccccc21. The monoisotopic (exact) mass is 293 g/mol. The van der Waals surface area contributed by atoms with E-state index in [0.717, 1.165) is 16.8 Å². The van der Waals surface area contributed by atoms with E-state index in [1.165, 1.54) is 0 Å². The molecule has 0 unspecified atom stereocenters. The number of aliphatic hydroxyl groups is 1. The molecule has 1 heterocycles. The van der Waals surface area contributed by atoms with E-state index in [2.05, 4.69) is 6.58 Å². The van der Waals surface area contributed by atoms with Crippen molar-refractivity contribution in [3.8, 4) is 0 Å². The summed E-state index contributed by atoms with van der Waals surface area (Å²) in [5.74, 6) is -0.277. The van der Waals surface area contributed by atoms with Gasteiger partial charge < -0.3 is 10.0 Å². The number of nitrogens with zero attached hydrogens (tertiary/aromatic N) is 1. The summed E-state index contributed by atoms with van der Waals surface area (Å²) in [4.78, 5) is 14.5. The predicted molar refractivity (Wildman–Crippen MR) is 87.4 cm³/mol. The second kappa shape index (κ2) is 5.43. The van der Waals surface area contributed by atoms with Gasteiger partial charge in [-0.15, -0.1) is 6.58 Å². The molecule has 112 valence electrons. The van der Waals surface area contributed by atoms with Crippen LogP contribution in [0.15, 0.2) is 66.7 Å². The predicted octanol–water partition coefficient (Wildman–Crippen LogP) is 3.39. The maximum absolute atomic E-state index is 12.9. The van der Waals surface area contributed by atoms with E-state index in [9.17, 15) is 9.90 Å². The number of fused-ring (bicyclic) bond motifs is 1. The average molecular weight is 293 g/mol. The highest BCUT2D eigenvalue weighted by Gasteiger charge is 2.49. The van der Waals surface area contributed by atoms with E-state index in [0.29, 0.717) is 12.1 Å². The minimum atomic E-state index is -1.50. The molecular weight excluding hydrogens is 274 g/mol. The number of hydrogen-bond donors (Lipinski definition) is 1. The Balaban J connectivity index is 2.02. The first-order chi connectivity index (χ1) is 10.5. The van der Waals surface area contributed by atoms with Crippen LogP contribution in [0.3, 0.4) is 0 Å². The Morgan fingerprint density at radius 3 is 2.45 bits per heavy atom. The molecule has 0 saturated carbocycles. The molecule has 3 nitrogen and oxygen atoms in total. The topological polar surface area (TPSA) is 40.5 Å². The van der Waals surface area contributed by atoms with E-state index in [1.54, 1.807) is 4.90 Å². The van der Waals surface area contributed by atoms with E-state index in [4.69, 9.17) is 0 Å². The van der Waals surface area contributed by atoms with E-state index < -0.39 is 5.60 Å². The highest BCUT2D eigenvalue weighted by atomic mass is 16.3. The van der Waals surface area contributed by atoms with Gasteiger partial charge >= 0.3 is 0 Å². The van der Waals surface area contributed by atoms with Crippen molar-refractivity contribution in [1.82, 2.24) is 0 Å². The number of rotatable bonds is 4. The van der Waals surface area contributed by atoms with Crippen LogP contribution in [-0.2, 0) is 16.9 Å². The molecule has 0 spiro atoms. The molecular formula is C19H19NO2. The van der Waals surface area contributed by atoms with Gasteiger partial charge in [0.05, 0.1) is 12.2 Å². The van der Waals surface area contributed by atoms with Crippen LogP contribution in [0.5, 0.6) is 0 Å². The third kappa shape index (κ3) is 2.34. The molecule has 3 rings (SSSR count). The molecule has 0 bridgehead atoms. The smallest absolute Gasteiger partial charge is 0.264 e. The van der Waals surface area contributed by atoms with Crippen LogP contribution >= 0.6 is 0 Å². The molecule has 2 aromatic carbocycles. The van der Waals surface area contributed by atoms with Crippen molar-refractivity contribution in [2.75, 3.05) is 4.90 Å². The van der Waals surface area contributed by atoms with Gasteiger partial charge in [0, 0.05) is 12.0 Å². The van der Waals surface area contributed by atoms with E-state index >= 15 is 0 Å². The second-order valence-corrected chi connectivity index (χ2v) is 5.89. The van der Waals surface area contributed by atoms with Crippen LogP contribution in [0.2, 0.25) is 0 Å². The van der Waals surface area contributed by atoms with Crippen molar-refractivity contribution in [1.29, 1.82) is 0 Å². The Kier molecular flexibility index (Phi) is 3.59. The van der Waals surface area contributed by atoms with Gasteiger partial charge in [0.2, 0.25) is 0 Å². The summed E-state index contributed by atoms with van der Waals surface area (Å²) < 4.78 is 0. The quantitative estimate of drug-likeness (QED) is 0.878. The first-order valence-electron chi connectivity index (χ1n) is 7.34. The first-order valence-corrected chi connectivity index (χ1v) is 7.34. The zero-order valence-corrected chi connectivity index (χ0v) is 12.6. The van der Waals surface area contributed by atoms with E-state index in [1.807, 2.05) is 61.5 Å². The van der Waals surface area contributed by atoms with Gasteiger partial charge in [0.1, 0.15) is 0 Å². The van der Waals surface area contributed by atoms with Crippen molar-refractivity contribution in [3.05, 3.63) is 77.9 Å². The number of anilines is 1. The molecule has 1 aliphatic heterocycles. The lowest BCUT2D eigenvalue weighted by molar-refractivity contribution is -0.136. The number of carbonyl (C=O) groups excluding carboxylic acids is 1. The minimum absolute atomic E-state index is 0.244. The summed E-state index contributed by atoms with van der Waals surface area (Å²) in [6, 6.07) is 17.2. The third-order valence-corrected chi connectivity index (χ3v) is 3.98. The largest absolute Gasteiger partial charge is 0.375 e. The van der Waals surface area contributed by atoms with Crippen LogP contribution in [0, 0.1) is 0 Å². The summed E-state index contributed by atoms with van der Waals surface area (Å²) in [5.41, 5.74) is 1.76. The summed E-state index contributed by atoms with van der Waals surface area (Å²) in [5, 5.41) is 11.0. The highest BCUT2D eigenvalue weighted by molar-refractivity contribution is 6.06. The van der Waals surface area contributed by atoms with Gasteiger partial charge in [-0.3, -0.25) is 4.79 Å². The van der Waals surface area contributed by atoms with Crippen molar-refractivity contribution in [2.24, 2.45) is 0 Å². The van der Waals surface area contributed by atoms with Crippen LogP contribution in [0.1, 0.15) is 24.5 Å². The molecule has 1 N–H and O–H groups in total. The summed E-state index contributed by atoms with van der Waals surface area (Å²) >= 11 is 0. The van der Waals surface area contributed by atoms with Gasteiger partial charge in [0.15, 0.2) is 5.60 Å². The highest BCUT2D eigenvalue weighted by Crippen LogP contribution is 2.43. The summed E-state index contributed by atoms with van der Waals surface area (Å²) in [6.07, 6.45) is 0.244. The molecule has 0 radical (unpaired) electrons. The molecule has 2 aromatic rings. The molecule has 0 saturated heterocycles. The van der Waals surface area contributed by atoms with Gasteiger partial charge in [-0.05, 0) is 18.6 Å². The fourth-order valence-corrected chi connectivity index (χ4v) is 3.04. The minimum Gasteiger partial charge on any atom is -0.375 e. The number of benzene rings is 2. The lowest BCUT2D eigenvalue weighted by Crippen LogP contribution is -2.40. The number of para-hydroxylation sites is 1. The van der Waals surface area contributed by atoms with E-state index in [-0.39, 0.29) is 12.3 Å². The van der Waals surface area contributed by atoms with Crippen LogP contribution in [0.4, 0.5) is 5.69 Å². The third-order valence-electron chi connectivity index (χ3n) is 3.98. The average Bonchev–Trinajstić information content (AvgIpc) is 2.70. The Labute approximate surface area is 130 Å². The Hall–Kier alpha value is -2.39. The van der Waals surface area contributed by atoms with Gasteiger partial charge in [-0.25, -0.2) is 0 Å². The van der Waals surface area contributed by atoms with Gasteiger partial charge in [0.25, 0.3) is 5.91 Å². The zero-order valence-electron chi connectivity index (χ0n) is 12.6. The Morgan fingerprint density at radius 2 is 1.77 bits per heavy atom. The normalized spacial score (nSPS) is 20.1. The van der Waals surface area contributed by atoms with Crippen molar-refractivity contribution < 1.29 is 9.90 Å². The van der Waals surface area contributed by atoms with Crippen molar-refractivity contribution in [2.45, 2.75) is 25.5 Å². The number of carbonyl (C=O) groups is 1. The van der Waals surface area contributed by atoms with Crippen LogP contribution in [-0.4, -0.2) is 11.0 Å². The molecule has 22 heavy (non-hydrogen) atoms. The standard InChI is InChI=1S/C19H19NO2/c1-14(2)12-19(22)16-10-6-7-11-17(16)20(18(19)21)13-15-8-4-3-5-9-15/h3-11,22H,1,12-13H2,2H3/t19-/m1/s1. The van der Waals surface area contributed by atoms with Gasteiger partial charge in [-0.1, -0.05) is 54.1 Å². The Bertz CT molecular complexity index is 723. The van der Waals surface area contributed by atoms with Crippen molar-refractivity contribution >= 4 is 11.6 Å². The molecule has 0 aliphatic carbocycles. The summed E-state index contributed by atoms with van der Waals surface area (Å²) in [7, 11) is 0. The Morgan fingerprint density at radius 1 is 1.14 bits per heavy atom. The van der Waals surface area contributed by atoms with Crippen LogP contribution in [0.25, 0.3) is 0 Å². The maximum atomic E-state index is 12.9. The fourth-order valence-electron chi connectivity index (χ4n) is 3.04. The molecule has 1 atom stereocenters. The first kappa shape index (κ1) is 14.5. The molecule has 3 heteroatoms. The van der Waals surface area contributed by atoms with Crippen LogP contribution < -0.4 is 4.90 Å². The zero-order chi connectivity index (χ0) is 15.7. The summed E-state index contributed by atoms with van der Waals surface area (Å²) in [6.45, 7) is 6.13. The lowest BCUT2D eigenvalue weighted by Gasteiger charge is -2.23. The second-order valence-electron chi connectivity index (χ2n) is 5.89. The van der Waals surface area contributed by atoms with Gasteiger partial charge in [-0.2, -0.15) is 0 Å². The maximum Gasteiger partial charge on any atom is 0.264 e. The number of amides is 1. The fraction of sp³-hybridized carbons (Fsp3) is 0.211. The lowest BCUT2D eigenvalue weighted by atomic mass is 9.89. The van der Waals surface area contributed by atoms with Crippen molar-refractivity contribution in [3.63, 3.8) is 0 Å².